The fraction of sp³-hybridized carbons (Fsp3) is 0.927. The normalized spacial score (nSPS) is 12.5. The number of esters is 1. The van der Waals surface area contributed by atoms with Gasteiger partial charge >= 0.3 is 5.97 Å². The average molecular weight is 1240 g/mol. The van der Waals surface area contributed by atoms with Gasteiger partial charge in [-0.2, -0.15) is 0 Å². The maximum atomic E-state index is 12.6. The summed E-state index contributed by atoms with van der Waals surface area (Å²) in [6.07, 6.45) is 99.9. The SMILES string of the molecule is CCCCCCCCC/C=C\CCCCCCCC(=O)OCCCCCCCCCCCCCCCC/C=C\CCCCCCCCCCCCCCCCCCCC(=O)NC(CO)C(O)CCCCCCCCCCCCCCCCCCCCCC. The Bertz CT molecular complexity index is 1380. The predicted molar refractivity (Wildman–Crippen MR) is 389 cm³/mol. The monoisotopic (exact) mass is 1240 g/mol. The maximum Gasteiger partial charge on any atom is 0.305 e. The first-order valence-electron chi connectivity index (χ1n) is 40.6. The van der Waals surface area contributed by atoms with Crippen LogP contribution in [0.1, 0.15) is 463 Å². The highest BCUT2D eigenvalue weighted by molar-refractivity contribution is 5.76. The average Bonchev–Trinajstić information content (AvgIpc) is 3.58. The van der Waals surface area contributed by atoms with E-state index < -0.39 is 12.1 Å². The Labute approximate surface area is 551 Å². The van der Waals surface area contributed by atoms with Gasteiger partial charge in [0, 0.05) is 12.8 Å². The zero-order valence-electron chi connectivity index (χ0n) is 60.0. The summed E-state index contributed by atoms with van der Waals surface area (Å²) in [7, 11) is 0. The lowest BCUT2D eigenvalue weighted by Gasteiger charge is -2.22. The lowest BCUT2D eigenvalue weighted by atomic mass is 10.0. The molecule has 0 aliphatic carbocycles. The number of hydrogen-bond donors (Lipinski definition) is 3. The molecule has 0 aliphatic heterocycles. The fourth-order valence-corrected chi connectivity index (χ4v) is 13.0. The molecule has 88 heavy (non-hydrogen) atoms. The molecule has 0 bridgehead atoms. The second-order valence-corrected chi connectivity index (χ2v) is 28.1. The van der Waals surface area contributed by atoms with Gasteiger partial charge < -0.3 is 20.3 Å². The van der Waals surface area contributed by atoms with E-state index in [1.54, 1.807) is 0 Å². The van der Waals surface area contributed by atoms with Crippen molar-refractivity contribution >= 4 is 11.9 Å². The van der Waals surface area contributed by atoms with Gasteiger partial charge in [0.25, 0.3) is 0 Å². The lowest BCUT2D eigenvalue weighted by Crippen LogP contribution is -2.45. The molecule has 0 saturated carbocycles. The molecule has 3 N–H and O–H groups in total. The largest absolute Gasteiger partial charge is 0.466 e. The van der Waals surface area contributed by atoms with Crippen LogP contribution in [0, 0.1) is 0 Å². The topological polar surface area (TPSA) is 95.9 Å². The van der Waals surface area contributed by atoms with Crippen LogP contribution in [-0.2, 0) is 14.3 Å². The summed E-state index contributed by atoms with van der Waals surface area (Å²) in [4.78, 5) is 24.7. The molecule has 6 nitrogen and oxygen atoms in total. The van der Waals surface area contributed by atoms with Crippen molar-refractivity contribution in [3.05, 3.63) is 24.3 Å². The van der Waals surface area contributed by atoms with Crippen molar-refractivity contribution < 1.29 is 24.5 Å². The van der Waals surface area contributed by atoms with Gasteiger partial charge in [-0.15, -0.1) is 0 Å². The number of aliphatic hydroxyl groups is 2. The van der Waals surface area contributed by atoms with Crippen molar-refractivity contribution in [2.45, 2.75) is 475 Å². The number of hydrogen-bond acceptors (Lipinski definition) is 5. The van der Waals surface area contributed by atoms with Gasteiger partial charge in [-0.3, -0.25) is 9.59 Å². The van der Waals surface area contributed by atoms with Crippen LogP contribution >= 0.6 is 0 Å². The maximum absolute atomic E-state index is 12.6. The van der Waals surface area contributed by atoms with E-state index in [9.17, 15) is 19.8 Å². The molecule has 0 radical (unpaired) electrons. The number of allylic oxidation sites excluding steroid dienone is 4. The Morgan fingerprint density at radius 2 is 0.534 bits per heavy atom. The summed E-state index contributed by atoms with van der Waals surface area (Å²) < 4.78 is 5.50. The molecule has 2 atom stereocenters. The van der Waals surface area contributed by atoms with E-state index in [-0.39, 0.29) is 18.5 Å². The number of rotatable bonds is 77. The highest BCUT2D eigenvalue weighted by Crippen LogP contribution is 2.20. The standard InChI is InChI=1S/C82H159NO5/c1-3-5-7-9-11-13-15-17-19-21-22-40-43-46-50-54-58-62-66-70-74-80(85)79(78-84)83-81(86)75-71-67-63-59-55-51-47-44-41-38-36-34-32-30-28-26-24-23-25-27-29-31-33-35-37-39-42-45-49-53-57-61-65-69-73-77-88-82(87)76-72-68-64-60-56-52-48-20-18-16-14-12-10-8-6-4-2/h20,25,27,48,79-80,84-85H,3-19,21-24,26,28-47,49-78H2,1-2H3,(H,83,86)/b27-25-,48-20-. The molecule has 0 aliphatic rings. The van der Waals surface area contributed by atoms with E-state index in [1.165, 1.54) is 385 Å². The van der Waals surface area contributed by atoms with Crippen LogP contribution in [0.2, 0.25) is 0 Å². The number of carbonyl (C=O) groups is 2. The van der Waals surface area contributed by atoms with E-state index in [1.807, 2.05) is 0 Å². The molecule has 0 aromatic heterocycles. The van der Waals surface area contributed by atoms with Crippen molar-refractivity contribution in [3.8, 4) is 0 Å². The molecule has 0 saturated heterocycles. The second-order valence-electron chi connectivity index (χ2n) is 28.1. The Kier molecular flexibility index (Phi) is 76.3. The zero-order valence-corrected chi connectivity index (χ0v) is 60.0. The highest BCUT2D eigenvalue weighted by Gasteiger charge is 2.20. The summed E-state index contributed by atoms with van der Waals surface area (Å²) >= 11 is 0. The van der Waals surface area contributed by atoms with Gasteiger partial charge in [-0.05, 0) is 77.0 Å². The van der Waals surface area contributed by atoms with Crippen LogP contribution in [0.15, 0.2) is 24.3 Å². The third kappa shape index (κ3) is 73.4. The highest BCUT2D eigenvalue weighted by atomic mass is 16.5. The molecule has 522 valence electrons. The Balaban J connectivity index is 3.34. The van der Waals surface area contributed by atoms with Crippen LogP contribution < -0.4 is 5.32 Å². The van der Waals surface area contributed by atoms with E-state index in [2.05, 4.69) is 43.5 Å². The molecule has 6 heteroatoms. The van der Waals surface area contributed by atoms with Crippen molar-refractivity contribution in [2.75, 3.05) is 13.2 Å². The molecule has 0 rings (SSSR count). The Morgan fingerprint density at radius 3 is 0.807 bits per heavy atom. The van der Waals surface area contributed by atoms with E-state index in [0.29, 0.717) is 25.9 Å². The molecule has 0 heterocycles. The quantitative estimate of drug-likeness (QED) is 0.0320. The van der Waals surface area contributed by atoms with Gasteiger partial charge in [0.2, 0.25) is 5.91 Å². The first-order valence-corrected chi connectivity index (χ1v) is 40.6. The molecule has 0 fully saturated rings. The lowest BCUT2D eigenvalue weighted by molar-refractivity contribution is -0.143. The van der Waals surface area contributed by atoms with Crippen LogP contribution in [0.25, 0.3) is 0 Å². The van der Waals surface area contributed by atoms with Crippen LogP contribution in [0.5, 0.6) is 0 Å². The third-order valence-corrected chi connectivity index (χ3v) is 19.2. The van der Waals surface area contributed by atoms with Gasteiger partial charge in [0.1, 0.15) is 0 Å². The molecule has 0 aromatic carbocycles. The van der Waals surface area contributed by atoms with Gasteiger partial charge in [0.15, 0.2) is 0 Å². The number of unbranched alkanes of at least 4 members (excludes halogenated alkanes) is 62. The Hall–Kier alpha value is -1.66. The first kappa shape index (κ1) is 86.3. The zero-order chi connectivity index (χ0) is 63.5. The third-order valence-electron chi connectivity index (χ3n) is 19.2. The molecular formula is C82H159NO5. The molecule has 0 spiro atoms. The van der Waals surface area contributed by atoms with Gasteiger partial charge in [-0.1, -0.05) is 398 Å². The summed E-state index contributed by atoms with van der Waals surface area (Å²) in [6.45, 7) is 5.00. The minimum Gasteiger partial charge on any atom is -0.466 e. The van der Waals surface area contributed by atoms with Crippen LogP contribution in [0.4, 0.5) is 0 Å². The number of carbonyl (C=O) groups excluding carboxylic acids is 2. The Morgan fingerprint density at radius 1 is 0.307 bits per heavy atom. The first-order chi connectivity index (χ1) is 43.5. The fourth-order valence-electron chi connectivity index (χ4n) is 13.0. The van der Waals surface area contributed by atoms with Gasteiger partial charge in [0.05, 0.1) is 25.4 Å². The van der Waals surface area contributed by atoms with Crippen molar-refractivity contribution in [2.24, 2.45) is 0 Å². The predicted octanol–water partition coefficient (Wildman–Crippen LogP) is 26.8. The second kappa shape index (κ2) is 77.8. The molecule has 1 amide bonds. The van der Waals surface area contributed by atoms with Crippen molar-refractivity contribution in [3.63, 3.8) is 0 Å². The number of nitrogens with one attached hydrogen (secondary N) is 1. The summed E-state index contributed by atoms with van der Waals surface area (Å²) in [5, 5.41) is 23.4. The number of ether oxygens (including phenoxy) is 1. The van der Waals surface area contributed by atoms with Gasteiger partial charge in [-0.25, -0.2) is 0 Å². The minimum atomic E-state index is -0.662. The van der Waals surface area contributed by atoms with E-state index in [4.69, 9.17) is 4.74 Å². The van der Waals surface area contributed by atoms with Crippen LogP contribution in [0.3, 0.4) is 0 Å². The molecular weight excluding hydrogens is 1080 g/mol. The molecule has 2 unspecified atom stereocenters. The summed E-state index contributed by atoms with van der Waals surface area (Å²) in [5.41, 5.74) is 0. The number of amides is 1. The van der Waals surface area contributed by atoms with Crippen molar-refractivity contribution in [1.29, 1.82) is 0 Å². The van der Waals surface area contributed by atoms with E-state index in [0.717, 1.165) is 44.9 Å². The summed E-state index contributed by atoms with van der Waals surface area (Å²) in [5.74, 6) is -0.0124. The van der Waals surface area contributed by atoms with E-state index >= 15 is 0 Å². The minimum absolute atomic E-state index is 0.0138. The number of aliphatic hydroxyl groups excluding tert-OH is 2. The van der Waals surface area contributed by atoms with Crippen LogP contribution in [-0.4, -0.2) is 47.4 Å². The smallest absolute Gasteiger partial charge is 0.305 e. The summed E-state index contributed by atoms with van der Waals surface area (Å²) in [6, 6.07) is -0.539. The molecule has 0 aromatic rings. The van der Waals surface area contributed by atoms with Crippen molar-refractivity contribution in [1.82, 2.24) is 5.32 Å².